The first-order valence-corrected chi connectivity index (χ1v) is 9.64. The van der Waals surface area contributed by atoms with Gasteiger partial charge in [-0.15, -0.1) is 5.06 Å². The van der Waals surface area contributed by atoms with Gasteiger partial charge in [-0.3, -0.25) is 0 Å². The van der Waals surface area contributed by atoms with E-state index in [0.717, 1.165) is 18.5 Å². The van der Waals surface area contributed by atoms with Gasteiger partial charge in [0.15, 0.2) is 0 Å². The van der Waals surface area contributed by atoms with E-state index in [-0.39, 0.29) is 5.97 Å². The quantitative estimate of drug-likeness (QED) is 0.331. The van der Waals surface area contributed by atoms with Crippen molar-refractivity contribution >= 4 is 5.97 Å². The Kier molecular flexibility index (Phi) is 11.2. The van der Waals surface area contributed by atoms with Gasteiger partial charge in [0.2, 0.25) is 0 Å². The highest BCUT2D eigenvalue weighted by atomic mass is 16.7. The summed E-state index contributed by atoms with van der Waals surface area (Å²) in [7, 11) is 1.84. The molecule has 0 unspecified atom stereocenters. The van der Waals surface area contributed by atoms with Crippen molar-refractivity contribution in [3.63, 3.8) is 0 Å². The van der Waals surface area contributed by atoms with Gasteiger partial charge in [-0.1, -0.05) is 82.9 Å². The topological polar surface area (TPSA) is 29.5 Å². The van der Waals surface area contributed by atoms with Gasteiger partial charge in [-0.2, -0.15) is 0 Å². The van der Waals surface area contributed by atoms with E-state index < -0.39 is 0 Å². The zero-order valence-electron chi connectivity index (χ0n) is 15.9. The molecular weight excluding hydrogens is 298 g/mol. The fourth-order valence-corrected chi connectivity index (χ4v) is 2.86. The first-order chi connectivity index (χ1) is 11.6. The monoisotopic (exact) mass is 333 g/mol. The molecule has 1 aromatic carbocycles. The van der Waals surface area contributed by atoms with Crippen LogP contribution in [-0.4, -0.2) is 24.6 Å². The average molecular weight is 334 g/mol. The largest absolute Gasteiger partial charge is 0.364 e. The van der Waals surface area contributed by atoms with Gasteiger partial charge in [-0.05, 0) is 25.0 Å². The third-order valence-electron chi connectivity index (χ3n) is 4.43. The smallest absolute Gasteiger partial charge is 0.357 e. The Bertz CT molecular complexity index is 459. The molecule has 0 amide bonds. The fourth-order valence-electron chi connectivity index (χ4n) is 2.86. The number of carbonyl (C=O) groups excluding carboxylic acids is 1. The van der Waals surface area contributed by atoms with Crippen molar-refractivity contribution in [2.24, 2.45) is 0 Å². The van der Waals surface area contributed by atoms with Crippen LogP contribution in [0.15, 0.2) is 24.3 Å². The Hall–Kier alpha value is -1.35. The van der Waals surface area contributed by atoms with Crippen molar-refractivity contribution < 1.29 is 9.63 Å². The van der Waals surface area contributed by atoms with E-state index in [4.69, 9.17) is 4.84 Å². The molecule has 0 radical (unpaired) electrons. The molecule has 3 nitrogen and oxygen atoms in total. The van der Waals surface area contributed by atoms with Crippen molar-refractivity contribution in [3.8, 4) is 0 Å². The molecule has 0 spiro atoms. The SMILES string of the molecule is CCCCCCCCCCCCN(C)OC(=O)c1ccccc1C. The predicted molar refractivity (Wildman–Crippen MR) is 101 cm³/mol. The Balaban J connectivity index is 2.03. The lowest BCUT2D eigenvalue weighted by Crippen LogP contribution is -2.24. The van der Waals surface area contributed by atoms with Gasteiger partial charge in [0, 0.05) is 13.6 Å². The highest BCUT2D eigenvalue weighted by Gasteiger charge is 2.12. The molecule has 0 N–H and O–H groups in total. The Morgan fingerprint density at radius 3 is 2.04 bits per heavy atom. The molecule has 0 saturated carbocycles. The first kappa shape index (κ1) is 20.7. The van der Waals surface area contributed by atoms with Crippen LogP contribution in [0.25, 0.3) is 0 Å². The molecule has 0 aliphatic heterocycles. The fraction of sp³-hybridized carbons (Fsp3) is 0.667. The van der Waals surface area contributed by atoms with E-state index in [9.17, 15) is 4.79 Å². The number of nitrogens with zero attached hydrogens (tertiary/aromatic N) is 1. The van der Waals surface area contributed by atoms with Crippen LogP contribution in [-0.2, 0) is 4.84 Å². The molecule has 0 bridgehead atoms. The van der Waals surface area contributed by atoms with Crippen LogP contribution >= 0.6 is 0 Å². The summed E-state index contributed by atoms with van der Waals surface area (Å²) < 4.78 is 0. The van der Waals surface area contributed by atoms with E-state index in [1.807, 2.05) is 38.2 Å². The molecule has 3 heteroatoms. The van der Waals surface area contributed by atoms with Crippen LogP contribution in [0, 0.1) is 6.92 Å². The second kappa shape index (κ2) is 13.0. The van der Waals surface area contributed by atoms with Gasteiger partial charge < -0.3 is 4.84 Å². The second-order valence-corrected chi connectivity index (χ2v) is 6.73. The molecule has 136 valence electrons. The number of rotatable bonds is 13. The van der Waals surface area contributed by atoms with Crippen LogP contribution in [0.4, 0.5) is 0 Å². The van der Waals surface area contributed by atoms with Crippen molar-refractivity contribution in [1.29, 1.82) is 0 Å². The van der Waals surface area contributed by atoms with Crippen LogP contribution in [0.3, 0.4) is 0 Å². The zero-order chi connectivity index (χ0) is 17.6. The molecule has 0 aromatic heterocycles. The van der Waals surface area contributed by atoms with Crippen molar-refractivity contribution in [3.05, 3.63) is 35.4 Å². The van der Waals surface area contributed by atoms with Gasteiger partial charge >= 0.3 is 5.97 Å². The summed E-state index contributed by atoms with van der Waals surface area (Å²) in [5.41, 5.74) is 1.60. The van der Waals surface area contributed by atoms with Crippen LogP contribution in [0.1, 0.15) is 87.1 Å². The molecule has 0 heterocycles. The average Bonchev–Trinajstić information content (AvgIpc) is 2.57. The molecule has 0 atom stereocenters. The van der Waals surface area contributed by atoms with Gasteiger partial charge in [0.25, 0.3) is 0 Å². The summed E-state index contributed by atoms with van der Waals surface area (Å²) in [6.45, 7) is 4.99. The minimum Gasteiger partial charge on any atom is -0.364 e. The summed E-state index contributed by atoms with van der Waals surface area (Å²) >= 11 is 0. The van der Waals surface area contributed by atoms with Crippen molar-refractivity contribution in [2.75, 3.05) is 13.6 Å². The van der Waals surface area contributed by atoms with Gasteiger partial charge in [0.05, 0.1) is 5.56 Å². The number of benzene rings is 1. The third-order valence-corrected chi connectivity index (χ3v) is 4.43. The third kappa shape index (κ3) is 9.07. The summed E-state index contributed by atoms with van der Waals surface area (Å²) in [4.78, 5) is 17.5. The summed E-state index contributed by atoms with van der Waals surface area (Å²) in [5.74, 6) is -0.261. The Morgan fingerprint density at radius 1 is 0.917 bits per heavy atom. The number of hydrogen-bond acceptors (Lipinski definition) is 3. The van der Waals surface area contributed by atoms with E-state index in [2.05, 4.69) is 6.92 Å². The zero-order valence-corrected chi connectivity index (χ0v) is 15.9. The standard InChI is InChI=1S/C21H35NO2/c1-4-5-6-7-8-9-10-11-12-15-18-22(3)24-21(23)20-17-14-13-16-19(20)2/h13-14,16-17H,4-12,15,18H2,1-3H3. The minimum absolute atomic E-state index is 0.261. The Morgan fingerprint density at radius 2 is 1.46 bits per heavy atom. The summed E-state index contributed by atoms with van der Waals surface area (Å²) in [6.07, 6.45) is 13.1. The number of aryl methyl sites for hydroxylation is 1. The maximum absolute atomic E-state index is 12.1. The predicted octanol–water partition coefficient (Wildman–Crippen LogP) is 5.92. The molecule has 0 saturated heterocycles. The van der Waals surface area contributed by atoms with Crippen LogP contribution in [0.2, 0.25) is 0 Å². The maximum atomic E-state index is 12.1. The van der Waals surface area contributed by atoms with Crippen molar-refractivity contribution in [2.45, 2.75) is 78.1 Å². The van der Waals surface area contributed by atoms with Crippen LogP contribution < -0.4 is 0 Å². The molecular formula is C21H35NO2. The molecule has 0 fully saturated rings. The minimum atomic E-state index is -0.261. The summed E-state index contributed by atoms with van der Waals surface area (Å²) in [5, 5.41) is 1.67. The number of unbranched alkanes of at least 4 members (excludes halogenated alkanes) is 9. The molecule has 1 rings (SSSR count). The number of hydroxylamine groups is 2. The summed E-state index contributed by atoms with van der Waals surface area (Å²) in [6, 6.07) is 7.54. The first-order valence-electron chi connectivity index (χ1n) is 9.64. The lowest BCUT2D eigenvalue weighted by molar-refractivity contribution is -0.0909. The Labute approximate surface area is 148 Å². The van der Waals surface area contributed by atoms with Crippen molar-refractivity contribution in [1.82, 2.24) is 5.06 Å². The van der Waals surface area contributed by atoms with E-state index >= 15 is 0 Å². The highest BCUT2D eigenvalue weighted by Crippen LogP contribution is 2.12. The van der Waals surface area contributed by atoms with E-state index in [1.54, 1.807) is 5.06 Å². The maximum Gasteiger partial charge on any atom is 0.357 e. The lowest BCUT2D eigenvalue weighted by atomic mass is 10.1. The number of carbonyl (C=O) groups is 1. The molecule has 24 heavy (non-hydrogen) atoms. The normalized spacial score (nSPS) is 11.0. The van der Waals surface area contributed by atoms with Gasteiger partial charge in [-0.25, -0.2) is 4.79 Å². The van der Waals surface area contributed by atoms with E-state index in [1.165, 1.54) is 57.8 Å². The second-order valence-electron chi connectivity index (χ2n) is 6.73. The lowest BCUT2D eigenvalue weighted by Gasteiger charge is -2.16. The number of hydrogen-bond donors (Lipinski definition) is 0. The van der Waals surface area contributed by atoms with E-state index in [0.29, 0.717) is 5.56 Å². The molecule has 1 aromatic rings. The van der Waals surface area contributed by atoms with Crippen LogP contribution in [0.5, 0.6) is 0 Å². The molecule has 0 aliphatic carbocycles. The highest BCUT2D eigenvalue weighted by molar-refractivity contribution is 5.90. The molecule has 0 aliphatic rings. The van der Waals surface area contributed by atoms with Gasteiger partial charge in [0.1, 0.15) is 0 Å².